The summed E-state index contributed by atoms with van der Waals surface area (Å²) < 4.78 is 40.0. The van der Waals surface area contributed by atoms with E-state index in [1.54, 1.807) is 31.2 Å². The lowest BCUT2D eigenvalue weighted by Gasteiger charge is -2.09. The highest BCUT2D eigenvalue weighted by Crippen LogP contribution is 2.32. The van der Waals surface area contributed by atoms with Crippen LogP contribution in [0.1, 0.15) is 28.5 Å². The summed E-state index contributed by atoms with van der Waals surface area (Å²) in [5, 5.41) is 5.00. The zero-order valence-corrected chi connectivity index (χ0v) is 16.8. The number of carbonyl (C=O) groups is 2. The van der Waals surface area contributed by atoms with Crippen molar-refractivity contribution < 1.29 is 22.8 Å². The van der Waals surface area contributed by atoms with Crippen molar-refractivity contribution in [1.29, 1.82) is 0 Å². The average molecular weight is 433 g/mol. The third-order valence-electron chi connectivity index (χ3n) is 4.38. The fraction of sp³-hybridized carbons (Fsp3) is 0.136. The molecular weight excluding hydrogens is 417 g/mol. The van der Waals surface area contributed by atoms with Gasteiger partial charge in [0, 0.05) is 16.1 Å². The molecule has 30 heavy (non-hydrogen) atoms. The van der Waals surface area contributed by atoms with Crippen LogP contribution in [0.5, 0.6) is 0 Å². The molecule has 0 aliphatic rings. The molecule has 0 saturated carbocycles. The molecule has 1 heterocycles. The summed E-state index contributed by atoms with van der Waals surface area (Å²) >= 11 is 5.93. The molecule has 0 N–H and O–H groups in total. The van der Waals surface area contributed by atoms with E-state index in [0.717, 1.165) is 24.3 Å². The van der Waals surface area contributed by atoms with Gasteiger partial charge in [0.05, 0.1) is 16.9 Å². The van der Waals surface area contributed by atoms with Crippen LogP contribution < -0.4 is 0 Å². The van der Waals surface area contributed by atoms with Gasteiger partial charge in [-0.1, -0.05) is 23.7 Å². The zero-order chi connectivity index (χ0) is 22.1. The highest BCUT2D eigenvalue weighted by molar-refractivity contribution is 6.30. The van der Waals surface area contributed by atoms with Crippen molar-refractivity contribution in [1.82, 2.24) is 9.78 Å². The first-order chi connectivity index (χ1) is 14.1. The fourth-order valence-electron chi connectivity index (χ4n) is 2.92. The molecule has 8 heteroatoms. The van der Waals surface area contributed by atoms with Crippen LogP contribution in [-0.2, 0) is 11.0 Å². The minimum absolute atomic E-state index is 0.150. The van der Waals surface area contributed by atoms with E-state index in [9.17, 15) is 22.8 Å². The highest BCUT2D eigenvalue weighted by Gasteiger charge is 2.30. The number of benzene rings is 2. The van der Waals surface area contributed by atoms with Gasteiger partial charge >= 0.3 is 6.18 Å². The Morgan fingerprint density at radius 3 is 2.13 bits per heavy atom. The summed E-state index contributed by atoms with van der Waals surface area (Å²) in [4.78, 5) is 24.0. The first-order valence-corrected chi connectivity index (χ1v) is 9.22. The molecule has 0 spiro atoms. The maximum absolute atomic E-state index is 12.9. The van der Waals surface area contributed by atoms with Crippen LogP contribution in [0.15, 0.2) is 60.7 Å². The van der Waals surface area contributed by atoms with Gasteiger partial charge in [-0.15, -0.1) is 0 Å². The second-order valence-electron chi connectivity index (χ2n) is 6.59. The Kier molecular flexibility index (Phi) is 5.94. The molecule has 0 unspecified atom stereocenters. The van der Waals surface area contributed by atoms with Crippen molar-refractivity contribution >= 4 is 23.2 Å². The first-order valence-electron chi connectivity index (χ1n) is 8.84. The van der Waals surface area contributed by atoms with Crippen LogP contribution in [0.4, 0.5) is 13.2 Å². The number of aromatic nitrogens is 2. The Balaban J connectivity index is 2.17. The maximum atomic E-state index is 12.9. The molecule has 3 rings (SSSR count). The van der Waals surface area contributed by atoms with Crippen molar-refractivity contribution in [2.45, 2.75) is 20.0 Å². The van der Waals surface area contributed by atoms with Gasteiger partial charge in [0.25, 0.3) is 0 Å². The van der Waals surface area contributed by atoms with Crippen LogP contribution in [0.2, 0.25) is 5.02 Å². The Labute approximate surface area is 175 Å². The Hall–Kier alpha value is -3.19. The van der Waals surface area contributed by atoms with Gasteiger partial charge in [0.1, 0.15) is 5.69 Å². The van der Waals surface area contributed by atoms with Crippen molar-refractivity contribution in [3.05, 3.63) is 82.5 Å². The molecule has 0 atom stereocenters. The largest absolute Gasteiger partial charge is 0.416 e. The van der Waals surface area contributed by atoms with E-state index in [-0.39, 0.29) is 17.2 Å². The van der Waals surface area contributed by atoms with E-state index >= 15 is 0 Å². The summed E-state index contributed by atoms with van der Waals surface area (Å²) in [6, 6.07) is 11.1. The SMILES string of the molecule is CC(=O)/C=C\C(=O)c1c(C)c(-c2ccc(Cl)cc2)nn1-c1ccc(C(F)(F)F)cc1. The highest BCUT2D eigenvalue weighted by atomic mass is 35.5. The lowest BCUT2D eigenvalue weighted by atomic mass is 10.0. The maximum Gasteiger partial charge on any atom is 0.416 e. The number of hydrogen-bond acceptors (Lipinski definition) is 3. The Bertz CT molecular complexity index is 1130. The van der Waals surface area contributed by atoms with Gasteiger partial charge in [0.15, 0.2) is 5.78 Å². The third kappa shape index (κ3) is 4.52. The molecule has 0 radical (unpaired) electrons. The van der Waals surface area contributed by atoms with Crippen LogP contribution in [0, 0.1) is 6.92 Å². The van der Waals surface area contributed by atoms with E-state index in [1.807, 2.05) is 0 Å². The molecule has 0 aliphatic carbocycles. The smallest absolute Gasteiger partial charge is 0.295 e. The number of nitrogens with zero attached hydrogens (tertiary/aromatic N) is 2. The minimum Gasteiger partial charge on any atom is -0.295 e. The summed E-state index contributed by atoms with van der Waals surface area (Å²) in [7, 11) is 0. The van der Waals surface area contributed by atoms with Crippen LogP contribution in [-0.4, -0.2) is 21.3 Å². The van der Waals surface area contributed by atoms with E-state index < -0.39 is 17.5 Å². The number of alkyl halides is 3. The fourth-order valence-corrected chi connectivity index (χ4v) is 3.04. The van der Waals surface area contributed by atoms with Gasteiger partial charge < -0.3 is 0 Å². The van der Waals surface area contributed by atoms with Crippen LogP contribution in [0.3, 0.4) is 0 Å². The monoisotopic (exact) mass is 432 g/mol. The number of allylic oxidation sites excluding steroid dienone is 2. The third-order valence-corrected chi connectivity index (χ3v) is 4.63. The van der Waals surface area contributed by atoms with Gasteiger partial charge in [-0.25, -0.2) is 4.68 Å². The molecule has 0 saturated heterocycles. The number of halogens is 4. The second-order valence-corrected chi connectivity index (χ2v) is 7.03. The summed E-state index contributed by atoms with van der Waals surface area (Å²) in [6.07, 6.45) is -2.22. The Morgan fingerprint density at radius 1 is 1.00 bits per heavy atom. The van der Waals surface area contributed by atoms with Gasteiger partial charge in [0.2, 0.25) is 5.78 Å². The summed E-state index contributed by atoms with van der Waals surface area (Å²) in [5.41, 5.74) is 1.31. The molecule has 3 aromatic rings. The number of rotatable bonds is 5. The quantitative estimate of drug-likeness (QED) is 0.375. The number of carbonyl (C=O) groups excluding carboxylic acids is 2. The van der Waals surface area contributed by atoms with Gasteiger partial charge in [-0.2, -0.15) is 18.3 Å². The lowest BCUT2D eigenvalue weighted by Crippen LogP contribution is -2.10. The summed E-state index contributed by atoms with van der Waals surface area (Å²) in [5.74, 6) is -0.796. The molecular formula is C22H16ClF3N2O2. The molecule has 4 nitrogen and oxygen atoms in total. The lowest BCUT2D eigenvalue weighted by molar-refractivity contribution is -0.137. The molecule has 154 valence electrons. The minimum atomic E-state index is -4.48. The second kappa shape index (κ2) is 8.28. The molecule has 1 aromatic heterocycles. The first kappa shape index (κ1) is 21.5. The molecule has 0 amide bonds. The van der Waals surface area contributed by atoms with Gasteiger partial charge in [-0.3, -0.25) is 9.59 Å². The van der Waals surface area contributed by atoms with Crippen molar-refractivity contribution in [2.24, 2.45) is 0 Å². The normalized spacial score (nSPS) is 11.8. The van der Waals surface area contributed by atoms with E-state index in [0.29, 0.717) is 21.8 Å². The zero-order valence-electron chi connectivity index (χ0n) is 16.0. The number of ketones is 2. The van der Waals surface area contributed by atoms with E-state index in [1.165, 1.54) is 23.7 Å². The average Bonchev–Trinajstić information content (AvgIpc) is 3.03. The van der Waals surface area contributed by atoms with Crippen molar-refractivity contribution in [3.8, 4) is 16.9 Å². The molecule has 2 aromatic carbocycles. The van der Waals surface area contributed by atoms with Crippen molar-refractivity contribution in [3.63, 3.8) is 0 Å². The van der Waals surface area contributed by atoms with E-state index in [2.05, 4.69) is 5.10 Å². The predicted molar refractivity (Wildman–Crippen MR) is 108 cm³/mol. The standard InChI is InChI=1S/C22H16ClF3N2O2/c1-13(29)3-12-19(30)21-14(2)20(15-4-8-17(23)9-5-15)27-28(21)18-10-6-16(7-11-18)22(24,25)26/h3-12H,1-2H3/b12-3-. The van der Waals surface area contributed by atoms with Crippen molar-refractivity contribution in [2.75, 3.05) is 0 Å². The molecule has 0 fully saturated rings. The van der Waals surface area contributed by atoms with Crippen LogP contribution >= 0.6 is 11.6 Å². The topological polar surface area (TPSA) is 52.0 Å². The van der Waals surface area contributed by atoms with Gasteiger partial charge in [-0.05, 0) is 62.4 Å². The predicted octanol–water partition coefficient (Wildman–Crippen LogP) is 5.85. The number of hydrogen-bond donors (Lipinski definition) is 0. The molecule has 0 aliphatic heterocycles. The summed E-state index contributed by atoms with van der Waals surface area (Å²) in [6.45, 7) is 3.00. The Morgan fingerprint density at radius 2 is 1.60 bits per heavy atom. The molecule has 0 bridgehead atoms. The van der Waals surface area contributed by atoms with E-state index in [4.69, 9.17) is 11.6 Å². The van der Waals surface area contributed by atoms with Crippen LogP contribution in [0.25, 0.3) is 16.9 Å².